The van der Waals surface area contributed by atoms with Crippen molar-refractivity contribution < 1.29 is 9.18 Å². The van der Waals surface area contributed by atoms with Gasteiger partial charge in [0.2, 0.25) is 0 Å². The second-order valence-corrected chi connectivity index (χ2v) is 6.77. The lowest BCUT2D eigenvalue weighted by atomic mass is 10.2. The van der Waals surface area contributed by atoms with Gasteiger partial charge in [-0.25, -0.2) is 14.4 Å². The minimum atomic E-state index is -0.277. The lowest BCUT2D eigenvalue weighted by Gasteiger charge is -2.16. The summed E-state index contributed by atoms with van der Waals surface area (Å²) in [5.41, 5.74) is 1.72. The monoisotopic (exact) mass is 376 g/mol. The zero-order chi connectivity index (χ0) is 19.3. The molecule has 0 atom stereocenters. The maximum absolute atomic E-state index is 13.9. The van der Waals surface area contributed by atoms with E-state index in [1.54, 1.807) is 24.3 Å². The number of likely N-dealkylation sites (tertiary alicyclic amines) is 1. The Morgan fingerprint density at radius 1 is 1.00 bits per heavy atom. The van der Waals surface area contributed by atoms with Crippen LogP contribution in [0, 0.1) is 5.82 Å². The molecule has 0 unspecified atom stereocenters. The van der Waals surface area contributed by atoms with Crippen molar-refractivity contribution in [2.24, 2.45) is 0 Å². The van der Waals surface area contributed by atoms with Crippen LogP contribution in [0.15, 0.2) is 60.7 Å². The number of hydrogen-bond acceptors (Lipinski definition) is 4. The van der Waals surface area contributed by atoms with E-state index in [9.17, 15) is 9.18 Å². The van der Waals surface area contributed by atoms with Crippen LogP contribution in [-0.4, -0.2) is 33.9 Å². The highest BCUT2D eigenvalue weighted by molar-refractivity contribution is 5.93. The van der Waals surface area contributed by atoms with Crippen molar-refractivity contribution in [3.63, 3.8) is 0 Å². The van der Waals surface area contributed by atoms with Gasteiger partial charge < -0.3 is 10.2 Å². The van der Waals surface area contributed by atoms with E-state index >= 15 is 0 Å². The molecular weight excluding hydrogens is 355 g/mol. The van der Waals surface area contributed by atoms with E-state index in [1.165, 1.54) is 6.07 Å². The fourth-order valence-corrected chi connectivity index (χ4v) is 3.27. The molecule has 2 aromatic carbocycles. The van der Waals surface area contributed by atoms with Crippen LogP contribution in [0.1, 0.15) is 28.9 Å². The largest absolute Gasteiger partial charge is 0.366 e. The number of benzene rings is 2. The number of rotatable bonds is 5. The minimum Gasteiger partial charge on any atom is -0.366 e. The Bertz CT molecular complexity index is 971. The zero-order valence-electron chi connectivity index (χ0n) is 15.4. The maximum atomic E-state index is 13.9. The van der Waals surface area contributed by atoms with Crippen LogP contribution >= 0.6 is 0 Å². The molecule has 5 nitrogen and oxygen atoms in total. The van der Waals surface area contributed by atoms with E-state index in [-0.39, 0.29) is 18.3 Å². The van der Waals surface area contributed by atoms with Crippen molar-refractivity contribution in [2.75, 3.05) is 18.4 Å². The second-order valence-electron chi connectivity index (χ2n) is 6.77. The first-order valence-electron chi connectivity index (χ1n) is 9.42. The summed E-state index contributed by atoms with van der Waals surface area (Å²) in [6, 6.07) is 17.8. The third-order valence-corrected chi connectivity index (χ3v) is 4.79. The molecule has 1 aliphatic rings. The van der Waals surface area contributed by atoms with Gasteiger partial charge in [-0.2, -0.15) is 0 Å². The summed E-state index contributed by atoms with van der Waals surface area (Å²) in [7, 11) is 0. The van der Waals surface area contributed by atoms with Gasteiger partial charge in [-0.15, -0.1) is 0 Å². The van der Waals surface area contributed by atoms with Crippen LogP contribution in [0.5, 0.6) is 0 Å². The number of amides is 1. The molecule has 1 N–H and O–H groups in total. The molecule has 6 heteroatoms. The molecule has 1 amide bonds. The van der Waals surface area contributed by atoms with Gasteiger partial charge in [0.1, 0.15) is 17.3 Å². The zero-order valence-corrected chi connectivity index (χ0v) is 15.4. The lowest BCUT2D eigenvalue weighted by Crippen LogP contribution is -2.28. The standard InChI is InChI=1S/C22H21FN4O/c23-18-11-5-4-10-17(18)15-24-20-14-19(22(28)27-12-6-7-13-27)25-21(26-20)16-8-2-1-3-9-16/h1-5,8-11,14H,6-7,12-13,15H2,(H,24,25,26). The van der Waals surface area contributed by atoms with Crippen LogP contribution in [0.3, 0.4) is 0 Å². The maximum Gasteiger partial charge on any atom is 0.272 e. The normalized spacial score (nSPS) is 13.5. The molecule has 4 rings (SSSR count). The number of carbonyl (C=O) groups is 1. The van der Waals surface area contributed by atoms with Gasteiger partial charge in [0, 0.05) is 36.8 Å². The molecule has 2 heterocycles. The Morgan fingerprint density at radius 3 is 2.46 bits per heavy atom. The minimum absolute atomic E-state index is 0.0916. The third-order valence-electron chi connectivity index (χ3n) is 4.79. The van der Waals surface area contributed by atoms with E-state index in [2.05, 4.69) is 15.3 Å². The predicted molar refractivity (Wildman–Crippen MR) is 106 cm³/mol. The number of anilines is 1. The number of nitrogens with one attached hydrogen (secondary N) is 1. The molecular formula is C22H21FN4O. The van der Waals surface area contributed by atoms with E-state index in [0.717, 1.165) is 31.5 Å². The number of carbonyl (C=O) groups excluding carboxylic acids is 1. The van der Waals surface area contributed by atoms with Gasteiger partial charge in [-0.05, 0) is 18.9 Å². The highest BCUT2D eigenvalue weighted by Crippen LogP contribution is 2.21. The Labute approximate surface area is 163 Å². The second kappa shape index (κ2) is 8.17. The summed E-state index contributed by atoms with van der Waals surface area (Å²) in [6.45, 7) is 1.78. The van der Waals surface area contributed by atoms with Gasteiger partial charge >= 0.3 is 0 Å². The number of aromatic nitrogens is 2. The molecule has 1 saturated heterocycles. The van der Waals surface area contributed by atoms with Crippen LogP contribution in [0.25, 0.3) is 11.4 Å². The van der Waals surface area contributed by atoms with E-state index in [0.29, 0.717) is 22.9 Å². The molecule has 3 aromatic rings. The first-order chi connectivity index (χ1) is 13.7. The van der Waals surface area contributed by atoms with Crippen molar-refractivity contribution in [3.8, 4) is 11.4 Å². The highest BCUT2D eigenvalue weighted by Gasteiger charge is 2.22. The Hall–Kier alpha value is -3.28. The predicted octanol–water partition coefficient (Wildman–Crippen LogP) is 4.13. The van der Waals surface area contributed by atoms with Gasteiger partial charge in [0.15, 0.2) is 5.82 Å². The van der Waals surface area contributed by atoms with E-state index in [4.69, 9.17) is 0 Å². The molecule has 0 aliphatic carbocycles. The number of nitrogens with zero attached hydrogens (tertiary/aromatic N) is 3. The van der Waals surface area contributed by atoms with Crippen LogP contribution in [-0.2, 0) is 6.54 Å². The first kappa shape index (κ1) is 18.1. The summed E-state index contributed by atoms with van der Waals surface area (Å²) in [5, 5.41) is 3.14. The summed E-state index contributed by atoms with van der Waals surface area (Å²) in [4.78, 5) is 23.7. The summed E-state index contributed by atoms with van der Waals surface area (Å²) < 4.78 is 13.9. The van der Waals surface area contributed by atoms with Crippen molar-refractivity contribution >= 4 is 11.7 Å². The van der Waals surface area contributed by atoms with Crippen molar-refractivity contribution in [1.82, 2.24) is 14.9 Å². The molecule has 0 saturated carbocycles. The van der Waals surface area contributed by atoms with Crippen molar-refractivity contribution in [2.45, 2.75) is 19.4 Å². The first-order valence-corrected chi connectivity index (χ1v) is 9.42. The Morgan fingerprint density at radius 2 is 1.71 bits per heavy atom. The SMILES string of the molecule is O=C(c1cc(NCc2ccccc2F)nc(-c2ccccc2)n1)N1CCCC1. The summed E-state index contributed by atoms with van der Waals surface area (Å²) in [6.07, 6.45) is 2.03. The molecule has 142 valence electrons. The smallest absolute Gasteiger partial charge is 0.272 e. The van der Waals surface area contributed by atoms with Gasteiger partial charge in [0.25, 0.3) is 5.91 Å². The molecule has 1 aliphatic heterocycles. The summed E-state index contributed by atoms with van der Waals surface area (Å²) >= 11 is 0. The molecule has 0 spiro atoms. The third kappa shape index (κ3) is 4.01. The van der Waals surface area contributed by atoms with Crippen molar-refractivity contribution in [3.05, 3.63) is 77.7 Å². The fraction of sp³-hybridized carbons (Fsp3) is 0.227. The van der Waals surface area contributed by atoms with Crippen LogP contribution in [0.2, 0.25) is 0 Å². The Kier molecular flexibility index (Phi) is 5.28. The fourth-order valence-electron chi connectivity index (χ4n) is 3.27. The molecule has 1 fully saturated rings. The van der Waals surface area contributed by atoms with E-state index in [1.807, 2.05) is 35.2 Å². The van der Waals surface area contributed by atoms with Crippen molar-refractivity contribution in [1.29, 1.82) is 0 Å². The van der Waals surface area contributed by atoms with Gasteiger partial charge in [-0.3, -0.25) is 4.79 Å². The highest BCUT2D eigenvalue weighted by atomic mass is 19.1. The topological polar surface area (TPSA) is 58.1 Å². The number of hydrogen-bond donors (Lipinski definition) is 1. The average molecular weight is 376 g/mol. The lowest BCUT2D eigenvalue weighted by molar-refractivity contribution is 0.0787. The van der Waals surface area contributed by atoms with E-state index < -0.39 is 0 Å². The molecule has 1 aromatic heterocycles. The Balaban J connectivity index is 1.65. The van der Waals surface area contributed by atoms with Crippen LogP contribution < -0.4 is 5.32 Å². The molecule has 28 heavy (non-hydrogen) atoms. The van der Waals surface area contributed by atoms with Gasteiger partial charge in [-0.1, -0.05) is 48.5 Å². The quantitative estimate of drug-likeness (QED) is 0.727. The summed E-state index contributed by atoms with van der Waals surface area (Å²) in [5.74, 6) is 0.605. The average Bonchev–Trinajstić information content (AvgIpc) is 3.28. The number of halogens is 1. The molecule has 0 radical (unpaired) electrons. The van der Waals surface area contributed by atoms with Gasteiger partial charge in [0.05, 0.1) is 0 Å². The molecule has 0 bridgehead atoms. The van der Waals surface area contributed by atoms with Crippen LogP contribution in [0.4, 0.5) is 10.2 Å².